The molecule has 0 unspecified atom stereocenters. The van der Waals surface area contributed by atoms with Crippen molar-refractivity contribution < 1.29 is 77.6 Å². The maximum atomic E-state index is 14.1. The summed E-state index contributed by atoms with van der Waals surface area (Å²) < 4.78 is 39.7. The standard InChI is InChI=1S/C59H59N7O16/c1-31-19-41-43(61-26-38-22-36(29-65(38)55(41)71)34-8-12-40(76-2)13-9-34)24-47(31)78-17-4-18-79-49-25-44-42(23-48(49)77-3)56(72)66-28-35(21-39(66)27-62-44)33-6-10-37(11-7-33)63-59(75)80-30-32-5-14-46(45(20-32)64-50(67)15-16-60)81-58-53(70)51(68)52(69)54(82-58)57(73)74/h5-14,19-20,23-29,38-39,51-54,58,68-70H,4,15-18,21-22,30,60H2,1-3H3,(H,63,75)(H,64,67)(H,73,74)/t38-,39-,51-,52-,53+,54-,58-/m0/s1. The highest BCUT2D eigenvalue weighted by Crippen LogP contribution is 2.41. The van der Waals surface area contributed by atoms with Crippen LogP contribution in [0.25, 0.3) is 11.1 Å². The van der Waals surface area contributed by atoms with Gasteiger partial charge in [0, 0.05) is 74.9 Å². The number of aliphatic hydroxyl groups excluding tert-OH is 3. The molecule has 426 valence electrons. The van der Waals surface area contributed by atoms with Crippen LogP contribution in [0.5, 0.6) is 28.7 Å². The van der Waals surface area contributed by atoms with Gasteiger partial charge in [-0.2, -0.15) is 0 Å². The lowest BCUT2D eigenvalue weighted by Gasteiger charge is -2.38. The van der Waals surface area contributed by atoms with Crippen LogP contribution in [-0.2, 0) is 25.7 Å². The van der Waals surface area contributed by atoms with Crippen molar-refractivity contribution in [1.29, 1.82) is 0 Å². The molecule has 5 aromatic rings. The van der Waals surface area contributed by atoms with E-state index < -0.39 is 48.7 Å². The molecule has 23 nitrogen and oxygen atoms in total. The number of ether oxygens (including phenoxy) is 7. The third kappa shape index (κ3) is 12.0. The van der Waals surface area contributed by atoms with Crippen molar-refractivity contribution in [2.75, 3.05) is 44.6 Å². The van der Waals surface area contributed by atoms with E-state index in [0.717, 1.165) is 33.6 Å². The van der Waals surface area contributed by atoms with Crippen LogP contribution in [0.4, 0.5) is 27.5 Å². The van der Waals surface area contributed by atoms with E-state index in [4.69, 9.17) is 48.9 Å². The molecule has 82 heavy (non-hydrogen) atoms. The molecule has 5 aliphatic rings. The number of nitrogens with zero attached hydrogens (tertiary/aromatic N) is 4. The summed E-state index contributed by atoms with van der Waals surface area (Å²) in [7, 11) is 3.12. The lowest BCUT2D eigenvalue weighted by atomic mass is 9.99. The molecule has 0 bridgehead atoms. The Balaban J connectivity index is 0.713. The van der Waals surface area contributed by atoms with Crippen LogP contribution in [-0.4, -0.2) is 149 Å². The molecule has 7 atom stereocenters. The predicted molar refractivity (Wildman–Crippen MR) is 298 cm³/mol. The lowest BCUT2D eigenvalue weighted by molar-refractivity contribution is -0.271. The molecule has 0 saturated carbocycles. The second-order valence-electron chi connectivity index (χ2n) is 19.8. The molecule has 10 rings (SSSR count). The van der Waals surface area contributed by atoms with Crippen molar-refractivity contribution in [3.8, 4) is 28.7 Å². The van der Waals surface area contributed by atoms with Gasteiger partial charge < -0.3 is 74.4 Å². The number of hydrogen-bond acceptors (Lipinski definition) is 18. The maximum absolute atomic E-state index is 14.1. The molecule has 5 heterocycles. The average Bonchev–Trinajstić information content (AvgIpc) is 4.14. The van der Waals surface area contributed by atoms with E-state index in [9.17, 15) is 44.4 Å². The van der Waals surface area contributed by atoms with Gasteiger partial charge in [-0.3, -0.25) is 29.7 Å². The van der Waals surface area contributed by atoms with Gasteiger partial charge in [0.25, 0.3) is 11.8 Å². The number of carboxylic acids is 1. The molecule has 8 N–H and O–H groups in total. The molecule has 5 aromatic carbocycles. The molecule has 0 radical (unpaired) electrons. The number of rotatable bonds is 19. The smallest absolute Gasteiger partial charge is 0.411 e. The van der Waals surface area contributed by atoms with Crippen molar-refractivity contribution in [3.63, 3.8) is 0 Å². The molecule has 23 heteroatoms. The molecule has 1 fully saturated rings. The first-order valence-electron chi connectivity index (χ1n) is 26.3. The monoisotopic (exact) mass is 1120 g/mol. The third-order valence-corrected chi connectivity index (χ3v) is 14.3. The van der Waals surface area contributed by atoms with E-state index in [0.29, 0.717) is 76.9 Å². The molecule has 0 aliphatic carbocycles. The zero-order valence-electron chi connectivity index (χ0n) is 44.7. The highest BCUT2D eigenvalue weighted by Gasteiger charge is 2.48. The normalized spacial score (nSPS) is 21.4. The number of hydrogen-bond donors (Lipinski definition) is 7. The molecule has 0 spiro atoms. The van der Waals surface area contributed by atoms with Gasteiger partial charge in [0.1, 0.15) is 42.2 Å². The van der Waals surface area contributed by atoms with Crippen molar-refractivity contribution in [3.05, 3.63) is 137 Å². The summed E-state index contributed by atoms with van der Waals surface area (Å²) in [6, 6.07) is 25.3. The summed E-state index contributed by atoms with van der Waals surface area (Å²) in [5.74, 6) is -0.458. The SMILES string of the molecule is COc1ccc(C2=CN3C(=O)c4cc(C)c(OCCCOc5cc6c(cc5OC)C(=O)N5C=C(c7ccc(NC(=O)OCc8ccc(O[C@H]9O[C@H](C(=O)O)[C@@H](O)[C@H](O)[C@H]9O)c(NC(=O)CCN)c8)cc7)C[C@H]5C=N6)cc4N=C[C@@H]3C2)cc1. The van der Waals surface area contributed by atoms with Crippen LogP contribution >= 0.6 is 0 Å². The average molecular weight is 1120 g/mol. The Kier molecular flexibility index (Phi) is 16.6. The summed E-state index contributed by atoms with van der Waals surface area (Å²) in [4.78, 5) is 77.8. The number of aliphatic hydroxyl groups is 3. The van der Waals surface area contributed by atoms with E-state index >= 15 is 0 Å². The fourth-order valence-electron chi connectivity index (χ4n) is 9.94. The van der Waals surface area contributed by atoms with Gasteiger partial charge in [0.05, 0.1) is 67.7 Å². The number of fused-ring (bicyclic) bond motifs is 4. The zero-order valence-corrected chi connectivity index (χ0v) is 44.7. The van der Waals surface area contributed by atoms with Crippen LogP contribution in [0.15, 0.2) is 113 Å². The van der Waals surface area contributed by atoms with E-state index in [2.05, 4.69) is 10.6 Å². The lowest BCUT2D eigenvalue weighted by Crippen LogP contribution is -2.61. The number of nitrogens with two attached hydrogens (primary N) is 1. The first kappa shape index (κ1) is 56.2. The zero-order chi connectivity index (χ0) is 57.8. The van der Waals surface area contributed by atoms with Gasteiger partial charge in [-0.25, -0.2) is 9.59 Å². The van der Waals surface area contributed by atoms with E-state index in [1.807, 2.05) is 49.7 Å². The Bertz CT molecular complexity index is 3420. The minimum absolute atomic E-state index is 0.0202. The van der Waals surface area contributed by atoms with Gasteiger partial charge in [0.15, 0.2) is 17.6 Å². The topological polar surface area (TPSA) is 312 Å². The number of carbonyl (C=O) groups excluding carboxylic acids is 4. The number of aliphatic carboxylic acids is 1. The fraction of sp³-hybridized carbons (Fsp3) is 0.305. The number of aryl methyl sites for hydroxylation is 1. The van der Waals surface area contributed by atoms with E-state index in [-0.39, 0.29) is 61.5 Å². The summed E-state index contributed by atoms with van der Waals surface area (Å²) in [5.41, 5.74) is 12.7. The number of benzene rings is 5. The van der Waals surface area contributed by atoms with Gasteiger partial charge in [-0.15, -0.1) is 0 Å². The largest absolute Gasteiger partial charge is 0.497 e. The highest BCUT2D eigenvalue weighted by molar-refractivity contribution is 6.06. The van der Waals surface area contributed by atoms with Gasteiger partial charge in [0.2, 0.25) is 12.2 Å². The summed E-state index contributed by atoms with van der Waals surface area (Å²) >= 11 is 0. The van der Waals surface area contributed by atoms with Crippen LogP contribution in [0.1, 0.15) is 68.7 Å². The Morgan fingerprint density at radius 1 is 0.707 bits per heavy atom. The van der Waals surface area contributed by atoms with Gasteiger partial charge >= 0.3 is 12.1 Å². The molecular formula is C59H59N7O16. The van der Waals surface area contributed by atoms with Crippen molar-refractivity contribution in [2.24, 2.45) is 15.7 Å². The summed E-state index contributed by atoms with van der Waals surface area (Å²) in [6.45, 7) is 2.22. The number of nitrogens with one attached hydrogen (secondary N) is 2. The van der Waals surface area contributed by atoms with Crippen LogP contribution in [0.2, 0.25) is 0 Å². The van der Waals surface area contributed by atoms with E-state index in [1.165, 1.54) is 25.3 Å². The van der Waals surface area contributed by atoms with Gasteiger partial charge in [-0.05, 0) is 88.9 Å². The predicted octanol–water partition coefficient (Wildman–Crippen LogP) is 6.11. The molecule has 0 aromatic heterocycles. The van der Waals surface area contributed by atoms with Crippen molar-refractivity contribution >= 4 is 76.1 Å². The third-order valence-electron chi connectivity index (χ3n) is 14.3. The quantitative estimate of drug-likeness (QED) is 0.0459. The Labute approximate surface area is 469 Å². The number of carbonyl (C=O) groups is 5. The molecule has 5 aliphatic heterocycles. The number of anilines is 2. The van der Waals surface area contributed by atoms with Crippen molar-refractivity contribution in [1.82, 2.24) is 9.80 Å². The molecule has 4 amide bonds. The first-order valence-corrected chi connectivity index (χ1v) is 26.3. The maximum Gasteiger partial charge on any atom is 0.411 e. The van der Waals surface area contributed by atoms with Crippen LogP contribution in [0.3, 0.4) is 0 Å². The minimum Gasteiger partial charge on any atom is -0.497 e. The second kappa shape index (κ2) is 24.3. The van der Waals surface area contributed by atoms with Crippen LogP contribution in [0, 0.1) is 6.92 Å². The molecule has 1 saturated heterocycles. The van der Waals surface area contributed by atoms with Gasteiger partial charge in [-0.1, -0.05) is 30.3 Å². The van der Waals surface area contributed by atoms with Crippen LogP contribution < -0.4 is 40.1 Å². The summed E-state index contributed by atoms with van der Waals surface area (Å²) in [5, 5.41) is 45.5. The fourth-order valence-corrected chi connectivity index (χ4v) is 9.94. The Morgan fingerprint density at radius 2 is 1.32 bits per heavy atom. The number of amides is 4. The number of methoxy groups -OCH3 is 2. The first-order chi connectivity index (χ1) is 39.6. The second-order valence-corrected chi connectivity index (χ2v) is 19.8. The summed E-state index contributed by atoms with van der Waals surface area (Å²) in [6.07, 6.45) is -1.42. The number of aliphatic imine (C=N–C) groups is 2. The Morgan fingerprint density at radius 3 is 1.93 bits per heavy atom. The molecular weight excluding hydrogens is 1060 g/mol. The minimum atomic E-state index is -1.94. The van der Waals surface area contributed by atoms with E-state index in [1.54, 1.807) is 71.8 Å². The number of carboxylic acid groups (broad SMARTS) is 1. The Hall–Kier alpha value is -9.13. The highest BCUT2D eigenvalue weighted by atomic mass is 16.7. The van der Waals surface area contributed by atoms with Crippen molar-refractivity contribution in [2.45, 2.75) is 82.0 Å².